The Morgan fingerprint density at radius 3 is 2.51 bits per heavy atom. The Kier molecular flexibility index (Phi) is 7.70. The van der Waals surface area contributed by atoms with E-state index in [9.17, 15) is 4.79 Å². The van der Waals surface area contributed by atoms with E-state index in [4.69, 9.17) is 16.0 Å². The molecular formula is C28H21ClN4O2S2. The summed E-state index contributed by atoms with van der Waals surface area (Å²) in [4.78, 5) is 18.2. The van der Waals surface area contributed by atoms with Gasteiger partial charge in [0.05, 0.1) is 11.9 Å². The third-order valence-corrected chi connectivity index (χ3v) is 7.18. The highest BCUT2D eigenvalue weighted by atomic mass is 35.5. The van der Waals surface area contributed by atoms with Crippen LogP contribution in [0.2, 0.25) is 5.02 Å². The van der Waals surface area contributed by atoms with Gasteiger partial charge in [-0.15, -0.1) is 11.3 Å². The molecule has 9 heteroatoms. The second-order valence-electron chi connectivity index (χ2n) is 8.02. The van der Waals surface area contributed by atoms with Crippen LogP contribution in [0.25, 0.3) is 11.3 Å². The van der Waals surface area contributed by atoms with E-state index in [2.05, 4.69) is 39.9 Å². The van der Waals surface area contributed by atoms with Gasteiger partial charge in [0, 0.05) is 32.1 Å². The molecule has 5 rings (SSSR count). The van der Waals surface area contributed by atoms with Crippen molar-refractivity contribution in [2.24, 2.45) is 5.10 Å². The lowest BCUT2D eigenvalue weighted by Crippen LogP contribution is -2.17. The minimum atomic E-state index is -0.315. The fourth-order valence-corrected chi connectivity index (χ4v) is 4.96. The number of anilines is 2. The van der Waals surface area contributed by atoms with E-state index in [0.29, 0.717) is 21.4 Å². The number of hydrogen-bond acceptors (Lipinski definition) is 7. The summed E-state index contributed by atoms with van der Waals surface area (Å²) in [5.41, 5.74) is 6.99. The van der Waals surface area contributed by atoms with E-state index < -0.39 is 0 Å². The first kappa shape index (κ1) is 24.8. The summed E-state index contributed by atoms with van der Waals surface area (Å²) in [5.74, 6) is 0.218. The largest absolute Gasteiger partial charge is 0.448 e. The second kappa shape index (κ2) is 11.5. The maximum atomic E-state index is 12.5. The van der Waals surface area contributed by atoms with Crippen LogP contribution in [0.15, 0.2) is 110 Å². The van der Waals surface area contributed by atoms with Crippen LogP contribution in [0.5, 0.6) is 0 Å². The van der Waals surface area contributed by atoms with Gasteiger partial charge in [0.25, 0.3) is 5.91 Å². The third-order valence-electron chi connectivity index (χ3n) is 5.24. The molecule has 0 radical (unpaired) electrons. The van der Waals surface area contributed by atoms with E-state index in [1.807, 2.05) is 60.0 Å². The van der Waals surface area contributed by atoms with Crippen molar-refractivity contribution in [3.8, 4) is 11.3 Å². The molecule has 0 fully saturated rings. The number of halogens is 1. The van der Waals surface area contributed by atoms with E-state index in [1.165, 1.54) is 34.9 Å². The average molecular weight is 545 g/mol. The number of rotatable bonds is 8. The molecule has 0 saturated heterocycles. The SMILES string of the molecule is Cc1ccc(Nc2nc(-c3ccc(C(=O)N/N=C\c4ccc(Sc5ccc(Cl)cc5)o4)cc3)cs2)cc1. The van der Waals surface area contributed by atoms with Crippen molar-refractivity contribution in [2.45, 2.75) is 16.9 Å². The highest BCUT2D eigenvalue weighted by Gasteiger charge is 2.09. The van der Waals surface area contributed by atoms with Crippen LogP contribution in [-0.4, -0.2) is 17.1 Å². The molecule has 0 saturated carbocycles. The van der Waals surface area contributed by atoms with Crippen molar-refractivity contribution in [1.82, 2.24) is 10.4 Å². The van der Waals surface area contributed by atoms with Crippen LogP contribution in [-0.2, 0) is 0 Å². The molecule has 0 atom stereocenters. The zero-order valence-electron chi connectivity index (χ0n) is 19.6. The molecule has 37 heavy (non-hydrogen) atoms. The number of carbonyl (C=O) groups is 1. The van der Waals surface area contributed by atoms with Crippen molar-refractivity contribution < 1.29 is 9.21 Å². The molecule has 5 aromatic rings. The Morgan fingerprint density at radius 2 is 1.76 bits per heavy atom. The van der Waals surface area contributed by atoms with Gasteiger partial charge in [0.1, 0.15) is 5.76 Å². The first-order valence-corrected chi connectivity index (χ1v) is 13.4. The molecule has 2 heterocycles. The highest BCUT2D eigenvalue weighted by Crippen LogP contribution is 2.30. The van der Waals surface area contributed by atoms with Gasteiger partial charge in [-0.05, 0) is 67.6 Å². The van der Waals surface area contributed by atoms with Gasteiger partial charge in [-0.25, -0.2) is 10.4 Å². The predicted molar refractivity (Wildman–Crippen MR) is 151 cm³/mol. The Bertz CT molecular complexity index is 1530. The summed E-state index contributed by atoms with van der Waals surface area (Å²) < 4.78 is 5.73. The van der Waals surface area contributed by atoms with Gasteiger partial charge in [0.2, 0.25) is 0 Å². The van der Waals surface area contributed by atoms with Crippen molar-refractivity contribution in [2.75, 3.05) is 5.32 Å². The smallest absolute Gasteiger partial charge is 0.271 e. The number of nitrogens with zero attached hydrogens (tertiary/aromatic N) is 2. The molecule has 0 unspecified atom stereocenters. The molecule has 0 aliphatic rings. The lowest BCUT2D eigenvalue weighted by atomic mass is 10.1. The number of carbonyl (C=O) groups excluding carboxylic acids is 1. The lowest BCUT2D eigenvalue weighted by Gasteiger charge is -2.03. The molecule has 3 aromatic carbocycles. The van der Waals surface area contributed by atoms with Crippen LogP contribution in [0.4, 0.5) is 10.8 Å². The topological polar surface area (TPSA) is 79.5 Å². The van der Waals surface area contributed by atoms with E-state index in [1.54, 1.807) is 18.2 Å². The van der Waals surface area contributed by atoms with Crippen LogP contribution >= 0.6 is 34.7 Å². The first-order valence-electron chi connectivity index (χ1n) is 11.3. The molecule has 2 N–H and O–H groups in total. The number of furan rings is 1. The van der Waals surface area contributed by atoms with Crippen LogP contribution in [0.3, 0.4) is 0 Å². The maximum absolute atomic E-state index is 12.5. The number of hydrogen-bond donors (Lipinski definition) is 2. The fraction of sp³-hybridized carbons (Fsp3) is 0.0357. The van der Waals surface area contributed by atoms with Crippen molar-refractivity contribution in [3.05, 3.63) is 112 Å². The van der Waals surface area contributed by atoms with Crippen LogP contribution in [0.1, 0.15) is 21.7 Å². The standard InChI is InChI=1S/C28H21ClN4O2S2/c1-18-2-10-22(11-3-18)31-28-32-25(17-36-28)19-4-6-20(7-5-19)27(34)33-30-16-23-12-15-26(35-23)37-24-13-8-21(29)9-14-24/h2-17H,1H3,(H,31,32)(H,33,34)/b30-16-. The lowest BCUT2D eigenvalue weighted by molar-refractivity contribution is 0.0955. The molecule has 1 amide bonds. The zero-order valence-corrected chi connectivity index (χ0v) is 22.0. The minimum absolute atomic E-state index is 0.315. The molecule has 6 nitrogen and oxygen atoms in total. The zero-order chi connectivity index (χ0) is 25.6. The predicted octanol–water partition coefficient (Wildman–Crippen LogP) is 8.02. The number of hydrazone groups is 1. The number of thiazole rings is 1. The summed E-state index contributed by atoms with van der Waals surface area (Å²) in [7, 11) is 0. The Hall–Kier alpha value is -3.85. The third kappa shape index (κ3) is 6.68. The minimum Gasteiger partial charge on any atom is -0.448 e. The number of aryl methyl sites for hydroxylation is 1. The van der Waals surface area contributed by atoms with Gasteiger partial charge < -0.3 is 9.73 Å². The van der Waals surface area contributed by atoms with E-state index in [0.717, 1.165) is 27.0 Å². The molecule has 0 spiro atoms. The van der Waals surface area contributed by atoms with Crippen molar-refractivity contribution in [3.63, 3.8) is 0 Å². The van der Waals surface area contributed by atoms with Crippen LogP contribution in [0, 0.1) is 6.92 Å². The summed E-state index contributed by atoms with van der Waals surface area (Å²) in [6, 6.07) is 26.5. The summed E-state index contributed by atoms with van der Waals surface area (Å²) >= 11 is 8.92. The number of aromatic nitrogens is 1. The van der Waals surface area contributed by atoms with Crippen molar-refractivity contribution >= 4 is 57.6 Å². The van der Waals surface area contributed by atoms with Gasteiger partial charge in [-0.1, -0.05) is 53.2 Å². The number of benzene rings is 3. The quantitative estimate of drug-likeness (QED) is 0.153. The van der Waals surface area contributed by atoms with Gasteiger partial charge in [-0.3, -0.25) is 4.79 Å². The summed E-state index contributed by atoms with van der Waals surface area (Å²) in [5, 5.41) is 11.5. The Labute approximate surface area is 227 Å². The molecule has 0 bridgehead atoms. The van der Waals surface area contributed by atoms with E-state index >= 15 is 0 Å². The van der Waals surface area contributed by atoms with Gasteiger partial charge >= 0.3 is 0 Å². The highest BCUT2D eigenvalue weighted by molar-refractivity contribution is 7.99. The number of amides is 1. The van der Waals surface area contributed by atoms with E-state index in [-0.39, 0.29) is 5.91 Å². The molecule has 0 aliphatic carbocycles. The van der Waals surface area contributed by atoms with Gasteiger partial charge in [-0.2, -0.15) is 5.10 Å². The Balaban J connectivity index is 1.15. The number of nitrogens with one attached hydrogen (secondary N) is 2. The molecule has 184 valence electrons. The summed E-state index contributed by atoms with van der Waals surface area (Å²) in [6.07, 6.45) is 1.47. The molecule has 0 aliphatic heterocycles. The second-order valence-corrected chi connectivity index (χ2v) is 10.4. The fourth-order valence-electron chi connectivity index (χ4n) is 3.31. The first-order chi connectivity index (χ1) is 18.0. The van der Waals surface area contributed by atoms with Crippen molar-refractivity contribution in [1.29, 1.82) is 0 Å². The van der Waals surface area contributed by atoms with Gasteiger partial charge in [0.15, 0.2) is 10.2 Å². The Morgan fingerprint density at radius 1 is 1.00 bits per heavy atom. The van der Waals surface area contributed by atoms with Crippen LogP contribution < -0.4 is 10.7 Å². The normalized spacial score (nSPS) is 11.1. The molecular weight excluding hydrogens is 524 g/mol. The monoisotopic (exact) mass is 544 g/mol. The average Bonchev–Trinajstić information content (AvgIpc) is 3.56. The molecule has 2 aromatic heterocycles. The maximum Gasteiger partial charge on any atom is 0.271 e. The summed E-state index contributed by atoms with van der Waals surface area (Å²) in [6.45, 7) is 2.06.